The fourth-order valence-electron chi connectivity index (χ4n) is 2.12. The predicted molar refractivity (Wildman–Crippen MR) is 94.2 cm³/mol. The van der Waals surface area contributed by atoms with Gasteiger partial charge in [-0.1, -0.05) is 50.6 Å². The first-order chi connectivity index (χ1) is 10.6. The van der Waals surface area contributed by atoms with E-state index >= 15 is 0 Å². The fraction of sp³-hybridized carbons (Fsp3) is 0.294. The van der Waals surface area contributed by atoms with Gasteiger partial charge < -0.3 is 10.6 Å². The molecule has 0 aliphatic carbocycles. The van der Waals surface area contributed by atoms with Crippen LogP contribution >= 0.6 is 0 Å². The smallest absolute Gasteiger partial charge is 0.156 e. The van der Waals surface area contributed by atoms with E-state index in [0.29, 0.717) is 6.71 Å². The summed E-state index contributed by atoms with van der Waals surface area (Å²) in [5, 5.41) is 6.83. The Morgan fingerprint density at radius 2 is 2.00 bits per heavy atom. The molecule has 0 fully saturated rings. The Bertz CT molecular complexity index is 530. The van der Waals surface area contributed by atoms with Crippen LogP contribution in [0.25, 0.3) is 0 Å². The average molecular weight is 294 g/mol. The predicted octanol–water partition coefficient (Wildman–Crippen LogP) is 2.90. The topological polar surface area (TPSA) is 49.8 Å². The van der Waals surface area contributed by atoms with Gasteiger partial charge in [0.1, 0.15) is 5.82 Å². The summed E-state index contributed by atoms with van der Waals surface area (Å²) in [6.07, 6.45) is 6.84. The van der Waals surface area contributed by atoms with Gasteiger partial charge in [0.25, 0.3) is 0 Å². The molecule has 0 bridgehead atoms. The van der Waals surface area contributed by atoms with Crippen LogP contribution in [0, 0.1) is 0 Å². The molecule has 5 heteroatoms. The molecular weight excluding hydrogens is 271 g/mol. The van der Waals surface area contributed by atoms with Crippen LogP contribution in [0.2, 0.25) is 13.6 Å². The molecule has 0 saturated heterocycles. The Labute approximate surface area is 133 Å². The second-order valence-corrected chi connectivity index (χ2v) is 5.78. The van der Waals surface area contributed by atoms with Crippen molar-refractivity contribution in [3.05, 3.63) is 66.8 Å². The van der Waals surface area contributed by atoms with E-state index in [9.17, 15) is 0 Å². The van der Waals surface area contributed by atoms with Gasteiger partial charge in [0.05, 0.1) is 12.2 Å². The summed E-state index contributed by atoms with van der Waals surface area (Å²) < 4.78 is 0. The number of hydrogen-bond donors (Lipinski definition) is 2. The number of hydrogen-bond acceptors (Lipinski definition) is 4. The summed E-state index contributed by atoms with van der Waals surface area (Å²) in [4.78, 5) is 8.40. The molecule has 1 aromatic heterocycles. The van der Waals surface area contributed by atoms with E-state index in [1.165, 1.54) is 5.56 Å². The lowest BCUT2D eigenvalue weighted by Crippen LogP contribution is -2.35. The summed E-state index contributed by atoms with van der Waals surface area (Å²) in [7, 11) is 0. The lowest BCUT2D eigenvalue weighted by Gasteiger charge is -2.23. The van der Waals surface area contributed by atoms with Crippen molar-refractivity contribution in [2.75, 3.05) is 11.8 Å². The second-order valence-electron chi connectivity index (χ2n) is 5.78. The maximum absolute atomic E-state index is 4.30. The van der Waals surface area contributed by atoms with Crippen LogP contribution in [0.3, 0.4) is 0 Å². The molecule has 22 heavy (non-hydrogen) atoms. The lowest BCUT2D eigenvalue weighted by atomic mass is 9.55. The number of aromatic nitrogens is 2. The van der Waals surface area contributed by atoms with E-state index in [4.69, 9.17) is 0 Å². The van der Waals surface area contributed by atoms with Gasteiger partial charge in [0, 0.05) is 18.1 Å². The summed E-state index contributed by atoms with van der Waals surface area (Å²) in [5.74, 6) is 0.760. The zero-order valence-corrected chi connectivity index (χ0v) is 13.3. The van der Waals surface area contributed by atoms with E-state index in [2.05, 4.69) is 65.1 Å². The maximum Gasteiger partial charge on any atom is 0.156 e. The standard InChI is InChI=1S/C17H23BN4/c1-14(21-13-18(2)3)16(11-15-7-5-4-6-8-15)22-17-12-19-9-10-20-17/h4-10,12,16,21H,1,11,13H2,2-3H3,(H,20,22). The van der Waals surface area contributed by atoms with Crippen LogP contribution in [0.5, 0.6) is 0 Å². The zero-order valence-electron chi connectivity index (χ0n) is 13.3. The fourth-order valence-corrected chi connectivity index (χ4v) is 2.12. The lowest BCUT2D eigenvalue weighted by molar-refractivity contribution is 0.735. The first-order valence-electron chi connectivity index (χ1n) is 7.64. The van der Waals surface area contributed by atoms with Crippen molar-refractivity contribution in [3.63, 3.8) is 0 Å². The number of anilines is 1. The Hall–Kier alpha value is -2.30. The van der Waals surface area contributed by atoms with Gasteiger partial charge in [-0.05, 0) is 18.4 Å². The van der Waals surface area contributed by atoms with Crippen molar-refractivity contribution in [1.82, 2.24) is 15.3 Å². The average Bonchev–Trinajstić information content (AvgIpc) is 2.54. The highest BCUT2D eigenvalue weighted by Crippen LogP contribution is 2.12. The van der Waals surface area contributed by atoms with E-state index in [1.807, 2.05) is 6.07 Å². The van der Waals surface area contributed by atoms with E-state index in [0.717, 1.165) is 24.4 Å². The van der Waals surface area contributed by atoms with Gasteiger partial charge in [-0.3, -0.25) is 4.98 Å². The quantitative estimate of drug-likeness (QED) is 0.735. The molecular formula is C17H23BN4. The van der Waals surface area contributed by atoms with Crippen LogP contribution < -0.4 is 10.6 Å². The van der Waals surface area contributed by atoms with Gasteiger partial charge in [-0.2, -0.15) is 0 Å². The van der Waals surface area contributed by atoms with Gasteiger partial charge >= 0.3 is 0 Å². The molecule has 2 N–H and O–H groups in total. The summed E-state index contributed by atoms with van der Waals surface area (Å²) in [5.41, 5.74) is 2.24. The Morgan fingerprint density at radius 3 is 2.64 bits per heavy atom. The third-order valence-electron chi connectivity index (χ3n) is 3.33. The summed E-state index contributed by atoms with van der Waals surface area (Å²) in [6, 6.07) is 10.5. The highest BCUT2D eigenvalue weighted by molar-refractivity contribution is 6.55. The van der Waals surface area contributed by atoms with Crippen LogP contribution in [-0.4, -0.2) is 29.2 Å². The minimum absolute atomic E-state index is 0.0675. The Balaban J connectivity index is 2.07. The highest BCUT2D eigenvalue weighted by atomic mass is 15.1. The summed E-state index contributed by atoms with van der Waals surface area (Å²) >= 11 is 0. The van der Waals surface area contributed by atoms with Crippen molar-refractivity contribution in [2.24, 2.45) is 0 Å². The Morgan fingerprint density at radius 1 is 1.23 bits per heavy atom. The number of nitrogens with zero attached hydrogens (tertiary/aromatic N) is 2. The molecule has 1 heterocycles. The molecule has 0 spiro atoms. The Kier molecular flexibility index (Phi) is 6.01. The molecule has 0 aliphatic heterocycles. The minimum atomic E-state index is 0.0675. The molecule has 0 amide bonds. The monoisotopic (exact) mass is 294 g/mol. The highest BCUT2D eigenvalue weighted by Gasteiger charge is 2.14. The zero-order chi connectivity index (χ0) is 15.8. The molecule has 2 aromatic rings. The molecule has 4 nitrogen and oxygen atoms in total. The van der Waals surface area contributed by atoms with Crippen molar-refractivity contribution < 1.29 is 0 Å². The maximum atomic E-state index is 4.30. The van der Waals surface area contributed by atoms with Crippen molar-refractivity contribution in [2.45, 2.75) is 26.1 Å². The van der Waals surface area contributed by atoms with Crippen LogP contribution in [0.1, 0.15) is 5.56 Å². The van der Waals surface area contributed by atoms with Crippen molar-refractivity contribution in [3.8, 4) is 0 Å². The molecule has 1 aromatic carbocycles. The molecule has 1 atom stereocenters. The van der Waals surface area contributed by atoms with Gasteiger partial charge in [-0.15, -0.1) is 0 Å². The van der Waals surface area contributed by atoms with Crippen LogP contribution in [0.15, 0.2) is 61.2 Å². The molecule has 1 unspecified atom stereocenters. The summed E-state index contributed by atoms with van der Waals surface area (Å²) in [6.45, 7) is 9.14. The molecule has 0 aliphatic rings. The molecule has 2 rings (SSSR count). The third-order valence-corrected chi connectivity index (χ3v) is 3.33. The third kappa shape index (κ3) is 5.24. The molecule has 0 saturated carbocycles. The number of rotatable bonds is 8. The number of benzene rings is 1. The van der Waals surface area contributed by atoms with Gasteiger partial charge in [-0.25, -0.2) is 4.98 Å². The first-order valence-corrected chi connectivity index (χ1v) is 7.64. The van der Waals surface area contributed by atoms with Crippen molar-refractivity contribution in [1.29, 1.82) is 0 Å². The van der Waals surface area contributed by atoms with E-state index < -0.39 is 0 Å². The first kappa shape index (κ1) is 16.1. The van der Waals surface area contributed by atoms with Crippen molar-refractivity contribution >= 4 is 12.5 Å². The second kappa shape index (κ2) is 8.22. The largest absolute Gasteiger partial charge is 0.395 e. The van der Waals surface area contributed by atoms with E-state index in [1.54, 1.807) is 18.6 Å². The normalized spacial score (nSPS) is 11.5. The van der Waals surface area contributed by atoms with Gasteiger partial charge in [0.2, 0.25) is 0 Å². The number of nitrogens with one attached hydrogen (secondary N) is 2. The van der Waals surface area contributed by atoms with E-state index in [-0.39, 0.29) is 6.04 Å². The molecule has 0 radical (unpaired) electrons. The minimum Gasteiger partial charge on any atom is -0.395 e. The van der Waals surface area contributed by atoms with Crippen LogP contribution in [-0.2, 0) is 6.42 Å². The van der Waals surface area contributed by atoms with Gasteiger partial charge in [0.15, 0.2) is 6.71 Å². The SMILES string of the molecule is C=C(NCB(C)C)C(Cc1ccccc1)Nc1cnccn1. The molecule has 114 valence electrons. The van der Waals surface area contributed by atoms with Crippen LogP contribution in [0.4, 0.5) is 5.82 Å².